The van der Waals surface area contributed by atoms with Crippen LogP contribution in [0.2, 0.25) is 0 Å². The number of pyridine rings is 1. The summed E-state index contributed by atoms with van der Waals surface area (Å²) < 4.78 is 1.93. The minimum absolute atomic E-state index is 0.0425. The quantitative estimate of drug-likeness (QED) is 0.745. The van der Waals surface area contributed by atoms with Crippen molar-refractivity contribution in [3.63, 3.8) is 0 Å². The summed E-state index contributed by atoms with van der Waals surface area (Å²) in [6.45, 7) is 0.461. The summed E-state index contributed by atoms with van der Waals surface area (Å²) in [7, 11) is 1.85. The predicted molar refractivity (Wildman–Crippen MR) is 91.6 cm³/mol. The van der Waals surface area contributed by atoms with E-state index in [0.717, 1.165) is 30.7 Å². The van der Waals surface area contributed by atoms with E-state index in [1.54, 1.807) is 4.90 Å². The molecule has 0 bridgehead atoms. The number of hydrogen-bond acceptors (Lipinski definition) is 3. The molecular formula is C19H20N4O. The van der Waals surface area contributed by atoms with Crippen LogP contribution in [0.15, 0.2) is 48.7 Å². The average molecular weight is 320 g/mol. The highest BCUT2D eigenvalue weighted by atomic mass is 16.2. The Labute approximate surface area is 140 Å². The molecule has 1 atom stereocenters. The zero-order chi connectivity index (χ0) is 16.5. The zero-order valence-corrected chi connectivity index (χ0v) is 13.7. The largest absolute Gasteiger partial charge is 0.338 e. The van der Waals surface area contributed by atoms with E-state index in [2.05, 4.69) is 28.4 Å². The van der Waals surface area contributed by atoms with Gasteiger partial charge in [-0.1, -0.05) is 30.3 Å². The number of likely N-dealkylation sites (N-methyl/N-ethyl adjacent to an activating group) is 1. The van der Waals surface area contributed by atoms with Gasteiger partial charge in [0.2, 0.25) is 5.91 Å². The molecule has 24 heavy (non-hydrogen) atoms. The highest BCUT2D eigenvalue weighted by molar-refractivity contribution is 5.84. The first-order valence-electron chi connectivity index (χ1n) is 8.35. The molecule has 0 saturated heterocycles. The van der Waals surface area contributed by atoms with Crippen molar-refractivity contribution in [2.75, 3.05) is 7.05 Å². The van der Waals surface area contributed by atoms with Crippen molar-refractivity contribution < 1.29 is 4.79 Å². The first-order chi connectivity index (χ1) is 11.7. The van der Waals surface area contributed by atoms with Crippen LogP contribution in [0.5, 0.6) is 0 Å². The molecular weight excluding hydrogens is 300 g/mol. The van der Waals surface area contributed by atoms with E-state index in [0.29, 0.717) is 6.54 Å². The summed E-state index contributed by atoms with van der Waals surface area (Å²) in [4.78, 5) is 14.8. The Bertz CT molecular complexity index is 886. The summed E-state index contributed by atoms with van der Waals surface area (Å²) in [5.41, 5.74) is 3.30. The Morgan fingerprint density at radius 3 is 2.96 bits per heavy atom. The Morgan fingerprint density at radius 1 is 1.21 bits per heavy atom. The molecule has 1 amide bonds. The number of rotatable bonds is 3. The topological polar surface area (TPSA) is 50.5 Å². The number of aryl methyl sites for hydroxylation is 1. The first kappa shape index (κ1) is 14.9. The zero-order valence-electron chi connectivity index (χ0n) is 13.7. The number of aromatic nitrogens is 3. The van der Waals surface area contributed by atoms with Gasteiger partial charge in [-0.05, 0) is 42.5 Å². The van der Waals surface area contributed by atoms with Crippen molar-refractivity contribution in [3.05, 3.63) is 65.6 Å². The van der Waals surface area contributed by atoms with Crippen LogP contribution in [-0.2, 0) is 17.8 Å². The van der Waals surface area contributed by atoms with Gasteiger partial charge in [0.1, 0.15) is 0 Å². The van der Waals surface area contributed by atoms with Crippen molar-refractivity contribution in [1.82, 2.24) is 19.5 Å². The fourth-order valence-electron chi connectivity index (χ4n) is 3.57. The van der Waals surface area contributed by atoms with E-state index >= 15 is 0 Å². The first-order valence-corrected chi connectivity index (χ1v) is 8.35. The van der Waals surface area contributed by atoms with Gasteiger partial charge in [0, 0.05) is 13.2 Å². The molecule has 3 aromatic rings. The summed E-state index contributed by atoms with van der Waals surface area (Å²) in [6, 6.07) is 14.1. The second-order valence-electron chi connectivity index (χ2n) is 6.38. The smallest absolute Gasteiger partial charge is 0.230 e. The van der Waals surface area contributed by atoms with Crippen LogP contribution in [0.3, 0.4) is 0 Å². The number of hydrogen-bond donors (Lipinski definition) is 0. The highest BCUT2D eigenvalue weighted by Gasteiger charge is 2.28. The van der Waals surface area contributed by atoms with Crippen molar-refractivity contribution in [3.8, 4) is 0 Å². The number of benzene rings is 1. The third-order valence-electron chi connectivity index (χ3n) is 4.81. The Kier molecular flexibility index (Phi) is 3.76. The Balaban J connectivity index is 1.57. The van der Waals surface area contributed by atoms with Gasteiger partial charge < -0.3 is 4.90 Å². The normalized spacial score (nSPS) is 16.8. The highest BCUT2D eigenvalue weighted by Crippen LogP contribution is 2.32. The lowest BCUT2D eigenvalue weighted by Crippen LogP contribution is -2.33. The van der Waals surface area contributed by atoms with Gasteiger partial charge in [0.25, 0.3) is 0 Å². The number of fused-ring (bicyclic) bond motifs is 2. The van der Waals surface area contributed by atoms with Crippen LogP contribution < -0.4 is 0 Å². The van der Waals surface area contributed by atoms with E-state index in [9.17, 15) is 4.79 Å². The minimum Gasteiger partial charge on any atom is -0.338 e. The number of carbonyl (C=O) groups is 1. The molecule has 1 aliphatic carbocycles. The molecule has 4 rings (SSSR count). The number of amides is 1. The molecule has 0 aliphatic heterocycles. The van der Waals surface area contributed by atoms with Gasteiger partial charge >= 0.3 is 0 Å². The average Bonchev–Trinajstić information content (AvgIpc) is 3.03. The van der Waals surface area contributed by atoms with Crippen LogP contribution in [0.1, 0.15) is 35.7 Å². The molecule has 0 spiro atoms. The van der Waals surface area contributed by atoms with Gasteiger partial charge in [-0.3, -0.25) is 9.20 Å². The molecule has 122 valence electrons. The van der Waals surface area contributed by atoms with Gasteiger partial charge in [-0.25, -0.2) is 0 Å². The molecule has 0 unspecified atom stereocenters. The van der Waals surface area contributed by atoms with E-state index in [4.69, 9.17) is 0 Å². The van der Waals surface area contributed by atoms with Crippen molar-refractivity contribution in [1.29, 1.82) is 0 Å². The maximum atomic E-state index is 13.0. The maximum Gasteiger partial charge on any atom is 0.230 e. The van der Waals surface area contributed by atoms with Crippen LogP contribution in [0.4, 0.5) is 0 Å². The molecule has 2 aromatic heterocycles. The number of carbonyl (C=O) groups excluding carboxylic acids is 1. The lowest BCUT2D eigenvalue weighted by molar-refractivity contribution is -0.132. The third-order valence-corrected chi connectivity index (χ3v) is 4.81. The van der Waals surface area contributed by atoms with Crippen molar-refractivity contribution >= 4 is 11.6 Å². The maximum absolute atomic E-state index is 13.0. The fraction of sp³-hybridized carbons (Fsp3) is 0.316. The second-order valence-corrected chi connectivity index (χ2v) is 6.38. The lowest BCUT2D eigenvalue weighted by atomic mass is 9.82. The molecule has 0 radical (unpaired) electrons. The van der Waals surface area contributed by atoms with Crippen LogP contribution in [-0.4, -0.2) is 32.5 Å². The Hall–Kier alpha value is -2.69. The molecule has 0 N–H and O–H groups in total. The minimum atomic E-state index is -0.0425. The summed E-state index contributed by atoms with van der Waals surface area (Å²) in [5.74, 6) is 0.902. The molecule has 5 nitrogen and oxygen atoms in total. The van der Waals surface area contributed by atoms with Crippen molar-refractivity contribution in [2.45, 2.75) is 31.7 Å². The standard InChI is InChI=1S/C19H20N4O/c1-22(13-18-21-20-17-11-4-5-12-23(17)18)19(24)16-10-6-8-14-7-2-3-9-15(14)16/h2-5,7,9,11-12,16H,6,8,10,13H2,1H3/t16-/m1/s1. The molecule has 5 heteroatoms. The SMILES string of the molecule is CN(Cc1nnc2ccccn12)C(=O)[C@@H]1CCCc2ccccc21. The monoisotopic (exact) mass is 320 g/mol. The van der Waals surface area contributed by atoms with E-state index in [-0.39, 0.29) is 11.8 Å². The van der Waals surface area contributed by atoms with Crippen LogP contribution >= 0.6 is 0 Å². The van der Waals surface area contributed by atoms with E-state index < -0.39 is 0 Å². The fourth-order valence-corrected chi connectivity index (χ4v) is 3.57. The van der Waals surface area contributed by atoms with Gasteiger partial charge in [0.15, 0.2) is 11.5 Å². The summed E-state index contributed by atoms with van der Waals surface area (Å²) >= 11 is 0. The molecule has 0 fully saturated rings. The van der Waals surface area contributed by atoms with Crippen LogP contribution in [0.25, 0.3) is 5.65 Å². The third kappa shape index (κ3) is 2.56. The molecule has 0 saturated carbocycles. The van der Waals surface area contributed by atoms with E-state index in [1.165, 1.54) is 11.1 Å². The molecule has 1 aliphatic rings. The van der Waals surface area contributed by atoms with Crippen molar-refractivity contribution in [2.24, 2.45) is 0 Å². The van der Waals surface area contributed by atoms with Gasteiger partial charge in [0.05, 0.1) is 12.5 Å². The molecule has 1 aromatic carbocycles. The summed E-state index contributed by atoms with van der Waals surface area (Å²) in [5, 5.41) is 8.38. The van der Waals surface area contributed by atoms with E-state index in [1.807, 2.05) is 41.9 Å². The van der Waals surface area contributed by atoms with Gasteiger partial charge in [-0.2, -0.15) is 0 Å². The predicted octanol–water partition coefficient (Wildman–Crippen LogP) is 2.81. The Morgan fingerprint density at radius 2 is 2.04 bits per heavy atom. The second kappa shape index (κ2) is 6.07. The van der Waals surface area contributed by atoms with Gasteiger partial charge in [-0.15, -0.1) is 10.2 Å². The summed E-state index contributed by atoms with van der Waals surface area (Å²) in [6.07, 6.45) is 4.98. The number of nitrogens with zero attached hydrogens (tertiary/aromatic N) is 4. The van der Waals surface area contributed by atoms with Crippen LogP contribution in [0, 0.1) is 0 Å². The lowest BCUT2D eigenvalue weighted by Gasteiger charge is -2.28. The molecule has 2 heterocycles.